The maximum absolute atomic E-state index is 12.4. The van der Waals surface area contributed by atoms with Gasteiger partial charge < -0.3 is 10.6 Å². The van der Waals surface area contributed by atoms with Gasteiger partial charge in [-0.25, -0.2) is 0 Å². The fourth-order valence-electron chi connectivity index (χ4n) is 1.80. The molecule has 2 unspecified atom stereocenters. The first kappa shape index (κ1) is 15.3. The van der Waals surface area contributed by atoms with Crippen molar-refractivity contribution in [1.29, 1.82) is 0 Å². The van der Waals surface area contributed by atoms with E-state index in [1.54, 1.807) is 0 Å². The minimum absolute atomic E-state index is 0.0149. The number of carbonyl (C=O) groups is 1. The summed E-state index contributed by atoms with van der Waals surface area (Å²) in [6, 6.07) is -1.65. The molecular weight excluding hydrogens is 245 g/mol. The molecular formula is C12H21F3N2O. The summed E-state index contributed by atoms with van der Waals surface area (Å²) in [6.07, 6.45) is -3.12. The first-order valence-corrected chi connectivity index (χ1v) is 6.28. The third kappa shape index (κ3) is 3.86. The zero-order valence-electron chi connectivity index (χ0n) is 11.0. The van der Waals surface area contributed by atoms with Crippen molar-refractivity contribution in [2.45, 2.75) is 58.3 Å². The van der Waals surface area contributed by atoms with Crippen LogP contribution in [0.25, 0.3) is 0 Å². The van der Waals surface area contributed by atoms with Gasteiger partial charge in [0.1, 0.15) is 6.04 Å². The third-order valence-corrected chi connectivity index (χ3v) is 3.64. The Morgan fingerprint density at radius 1 is 1.33 bits per heavy atom. The molecule has 1 amide bonds. The summed E-state index contributed by atoms with van der Waals surface area (Å²) in [4.78, 5) is 11.9. The molecule has 0 radical (unpaired) electrons. The molecule has 2 atom stereocenters. The molecule has 1 aliphatic rings. The third-order valence-electron chi connectivity index (χ3n) is 3.64. The van der Waals surface area contributed by atoms with E-state index >= 15 is 0 Å². The Bertz CT molecular complexity index is 294. The maximum atomic E-state index is 12.4. The van der Waals surface area contributed by atoms with Crippen LogP contribution >= 0.6 is 0 Å². The molecule has 0 aliphatic carbocycles. The van der Waals surface area contributed by atoms with Crippen LogP contribution in [0.2, 0.25) is 0 Å². The van der Waals surface area contributed by atoms with Gasteiger partial charge in [0.25, 0.3) is 0 Å². The smallest absolute Gasteiger partial charge is 0.352 e. The first-order chi connectivity index (χ1) is 8.16. The summed E-state index contributed by atoms with van der Waals surface area (Å²) < 4.78 is 37.3. The van der Waals surface area contributed by atoms with E-state index in [2.05, 4.69) is 10.6 Å². The van der Waals surface area contributed by atoms with E-state index in [9.17, 15) is 18.0 Å². The second-order valence-corrected chi connectivity index (χ2v) is 5.49. The summed E-state index contributed by atoms with van der Waals surface area (Å²) in [5, 5.41) is 5.26. The lowest BCUT2D eigenvalue weighted by atomic mass is 9.88. The highest BCUT2D eigenvalue weighted by molar-refractivity contribution is 5.82. The van der Waals surface area contributed by atoms with Crippen molar-refractivity contribution in [3.63, 3.8) is 0 Å². The van der Waals surface area contributed by atoms with Gasteiger partial charge in [0.15, 0.2) is 0 Å². The van der Waals surface area contributed by atoms with Gasteiger partial charge >= 0.3 is 6.18 Å². The Balaban J connectivity index is 2.43. The Hall–Kier alpha value is -0.780. The maximum Gasteiger partial charge on any atom is 0.403 e. The fraction of sp³-hybridized carbons (Fsp3) is 0.917. The van der Waals surface area contributed by atoms with Crippen molar-refractivity contribution in [2.75, 3.05) is 6.54 Å². The normalized spacial score (nSPS) is 25.9. The van der Waals surface area contributed by atoms with Gasteiger partial charge in [0, 0.05) is 18.0 Å². The number of amides is 1. The molecule has 106 valence electrons. The minimum atomic E-state index is -4.20. The van der Waals surface area contributed by atoms with Crippen LogP contribution in [0.4, 0.5) is 13.2 Å². The van der Waals surface area contributed by atoms with Gasteiger partial charge in [-0.3, -0.25) is 4.79 Å². The number of rotatable bonds is 3. The topological polar surface area (TPSA) is 41.1 Å². The van der Waals surface area contributed by atoms with Gasteiger partial charge in [0.2, 0.25) is 5.91 Å². The summed E-state index contributed by atoms with van der Waals surface area (Å²) >= 11 is 0. The van der Waals surface area contributed by atoms with Crippen LogP contribution in [-0.2, 0) is 4.79 Å². The molecule has 1 saturated heterocycles. The first-order valence-electron chi connectivity index (χ1n) is 6.28. The minimum Gasteiger partial charge on any atom is -0.352 e. The van der Waals surface area contributed by atoms with Gasteiger partial charge in [-0.15, -0.1) is 0 Å². The molecule has 6 heteroatoms. The highest BCUT2D eigenvalue weighted by Gasteiger charge is 2.42. The molecule has 1 rings (SSSR count). The standard InChI is InChI=1S/C12H21F3N2O/c1-4-11(2,3)10(18)17-8-5-6-9(16-7-8)12(13,14)15/h8-9,16H,4-7H2,1-3H3,(H,17,18). The average Bonchev–Trinajstić information content (AvgIpc) is 2.28. The summed E-state index contributed by atoms with van der Waals surface area (Å²) in [5.74, 6) is -0.0951. The van der Waals surface area contributed by atoms with Crippen molar-refractivity contribution < 1.29 is 18.0 Å². The second kappa shape index (κ2) is 5.47. The Morgan fingerprint density at radius 2 is 1.94 bits per heavy atom. The number of nitrogens with one attached hydrogen (secondary N) is 2. The monoisotopic (exact) mass is 266 g/mol. The SMILES string of the molecule is CCC(C)(C)C(=O)NC1CCC(C(F)(F)F)NC1. The van der Waals surface area contributed by atoms with E-state index in [1.807, 2.05) is 20.8 Å². The highest BCUT2D eigenvalue weighted by atomic mass is 19.4. The molecule has 0 aromatic carbocycles. The van der Waals surface area contributed by atoms with E-state index < -0.39 is 17.6 Å². The van der Waals surface area contributed by atoms with Gasteiger partial charge in [0.05, 0.1) is 0 Å². The van der Waals surface area contributed by atoms with Crippen molar-refractivity contribution in [3.05, 3.63) is 0 Å². The van der Waals surface area contributed by atoms with Gasteiger partial charge in [-0.1, -0.05) is 20.8 Å². The molecule has 18 heavy (non-hydrogen) atoms. The van der Waals surface area contributed by atoms with Crippen LogP contribution in [0.1, 0.15) is 40.0 Å². The number of alkyl halides is 3. The van der Waals surface area contributed by atoms with Crippen molar-refractivity contribution in [1.82, 2.24) is 10.6 Å². The van der Waals surface area contributed by atoms with Crippen LogP contribution in [0.15, 0.2) is 0 Å². The van der Waals surface area contributed by atoms with Crippen LogP contribution in [0.5, 0.6) is 0 Å². The van der Waals surface area contributed by atoms with Gasteiger partial charge in [-0.05, 0) is 19.3 Å². The largest absolute Gasteiger partial charge is 0.403 e. The van der Waals surface area contributed by atoms with E-state index in [-0.39, 0.29) is 24.9 Å². The molecule has 0 bridgehead atoms. The van der Waals surface area contributed by atoms with Crippen LogP contribution in [0.3, 0.4) is 0 Å². The number of halogens is 3. The number of carbonyl (C=O) groups excluding carboxylic acids is 1. The van der Waals surface area contributed by atoms with Crippen molar-refractivity contribution in [3.8, 4) is 0 Å². The predicted octanol–water partition coefficient (Wildman–Crippen LogP) is 2.22. The van der Waals surface area contributed by atoms with Crippen LogP contribution in [-0.4, -0.2) is 30.7 Å². The quantitative estimate of drug-likeness (QED) is 0.822. The zero-order valence-corrected chi connectivity index (χ0v) is 11.0. The lowest BCUT2D eigenvalue weighted by Crippen LogP contribution is -2.55. The van der Waals surface area contributed by atoms with Crippen molar-refractivity contribution >= 4 is 5.91 Å². The van der Waals surface area contributed by atoms with Crippen molar-refractivity contribution in [2.24, 2.45) is 5.41 Å². The van der Waals surface area contributed by atoms with E-state index in [4.69, 9.17) is 0 Å². The predicted molar refractivity (Wildman–Crippen MR) is 63.1 cm³/mol. The molecule has 1 heterocycles. The molecule has 2 N–H and O–H groups in total. The lowest BCUT2D eigenvalue weighted by Gasteiger charge is -2.33. The molecule has 3 nitrogen and oxygen atoms in total. The highest BCUT2D eigenvalue weighted by Crippen LogP contribution is 2.26. The Kier molecular flexibility index (Phi) is 4.64. The Morgan fingerprint density at radius 3 is 2.33 bits per heavy atom. The number of hydrogen-bond acceptors (Lipinski definition) is 2. The number of piperidine rings is 1. The van der Waals surface area contributed by atoms with Crippen LogP contribution < -0.4 is 10.6 Å². The zero-order chi connectivity index (χ0) is 14.0. The molecule has 1 aliphatic heterocycles. The number of hydrogen-bond donors (Lipinski definition) is 2. The molecule has 0 saturated carbocycles. The lowest BCUT2D eigenvalue weighted by molar-refractivity contribution is -0.161. The van der Waals surface area contributed by atoms with E-state index in [0.717, 1.165) is 0 Å². The summed E-state index contributed by atoms with van der Waals surface area (Å²) in [7, 11) is 0. The summed E-state index contributed by atoms with van der Waals surface area (Å²) in [6.45, 7) is 5.75. The molecule has 0 aromatic rings. The molecule has 0 spiro atoms. The molecule has 0 aromatic heterocycles. The average molecular weight is 266 g/mol. The van der Waals surface area contributed by atoms with E-state index in [0.29, 0.717) is 12.8 Å². The van der Waals surface area contributed by atoms with E-state index in [1.165, 1.54) is 0 Å². The Labute approximate surface area is 106 Å². The molecule has 1 fully saturated rings. The van der Waals surface area contributed by atoms with Gasteiger partial charge in [-0.2, -0.15) is 13.2 Å². The van der Waals surface area contributed by atoms with Crippen LogP contribution in [0, 0.1) is 5.41 Å². The second-order valence-electron chi connectivity index (χ2n) is 5.49. The summed E-state index contributed by atoms with van der Waals surface area (Å²) in [5.41, 5.74) is -0.471. The fourth-order valence-corrected chi connectivity index (χ4v) is 1.80.